The number of nitrogens with one attached hydrogen (secondary N) is 2. The molecule has 2 aromatic carbocycles. The Balaban J connectivity index is 1.25. The van der Waals surface area contributed by atoms with E-state index in [2.05, 4.69) is 15.2 Å². The van der Waals surface area contributed by atoms with Crippen LogP contribution in [0.25, 0.3) is 10.9 Å². The quantitative estimate of drug-likeness (QED) is 0.453. The van der Waals surface area contributed by atoms with Crippen LogP contribution < -0.4 is 15.6 Å². The number of hydrogen-bond donors (Lipinski definition) is 2. The van der Waals surface area contributed by atoms with E-state index in [-0.39, 0.29) is 21.5 Å². The molecule has 1 aromatic heterocycles. The van der Waals surface area contributed by atoms with Crippen molar-refractivity contribution in [2.24, 2.45) is 0 Å². The minimum atomic E-state index is -4.36. The zero-order valence-electron chi connectivity index (χ0n) is 18.6. The normalized spacial score (nSPS) is 14.9. The number of benzene rings is 2. The van der Waals surface area contributed by atoms with Crippen molar-refractivity contribution in [2.45, 2.75) is 12.6 Å². The van der Waals surface area contributed by atoms with Crippen LogP contribution in [0.1, 0.15) is 22.5 Å². The van der Waals surface area contributed by atoms with Crippen LogP contribution in [0.5, 0.6) is 0 Å². The van der Waals surface area contributed by atoms with Gasteiger partial charge in [-0.2, -0.15) is 13.2 Å². The number of aromatic nitrogens is 1. The fraction of sp³-hybridized carbons (Fsp3) is 0.333. The Labute approximate surface area is 209 Å². The van der Waals surface area contributed by atoms with Crippen molar-refractivity contribution in [2.75, 3.05) is 44.2 Å². The average Bonchev–Trinajstić information content (AvgIpc) is 2.81. The van der Waals surface area contributed by atoms with Crippen LogP contribution in [0.2, 0.25) is 10.0 Å². The number of carbonyl (C=O) groups excluding carboxylic acids is 1. The van der Waals surface area contributed by atoms with Crippen LogP contribution in [0.15, 0.2) is 47.3 Å². The second-order valence-electron chi connectivity index (χ2n) is 8.34. The lowest BCUT2D eigenvalue weighted by atomic mass is 10.1. The summed E-state index contributed by atoms with van der Waals surface area (Å²) in [5.41, 5.74) is 0.0596. The fourth-order valence-electron chi connectivity index (χ4n) is 4.14. The molecule has 2 heterocycles. The molecule has 1 fully saturated rings. The summed E-state index contributed by atoms with van der Waals surface area (Å²) in [5, 5.41) is 3.64. The molecule has 0 aliphatic carbocycles. The molecule has 6 nitrogen and oxygen atoms in total. The minimum Gasteiger partial charge on any atom is -0.369 e. The Bertz CT molecular complexity index is 1290. The van der Waals surface area contributed by atoms with Crippen molar-refractivity contribution in [1.82, 2.24) is 15.2 Å². The number of H-pyrrole nitrogens is 1. The largest absolute Gasteiger partial charge is 0.416 e. The van der Waals surface area contributed by atoms with Crippen molar-refractivity contribution in [1.29, 1.82) is 0 Å². The molecule has 35 heavy (non-hydrogen) atoms. The zero-order valence-corrected chi connectivity index (χ0v) is 20.1. The highest BCUT2D eigenvalue weighted by atomic mass is 35.5. The topological polar surface area (TPSA) is 68.4 Å². The number of fused-ring (bicyclic) bond motifs is 1. The first-order valence-electron chi connectivity index (χ1n) is 11.1. The highest BCUT2D eigenvalue weighted by Gasteiger charge is 2.31. The molecule has 0 unspecified atom stereocenters. The summed E-state index contributed by atoms with van der Waals surface area (Å²) in [6, 6.07) is 9.61. The van der Waals surface area contributed by atoms with Gasteiger partial charge in [-0.25, -0.2) is 0 Å². The summed E-state index contributed by atoms with van der Waals surface area (Å²) < 4.78 is 38.9. The Hall–Kier alpha value is -2.75. The molecule has 0 spiro atoms. The number of anilines is 1. The van der Waals surface area contributed by atoms with E-state index in [0.29, 0.717) is 55.4 Å². The third kappa shape index (κ3) is 6.09. The molecule has 4 rings (SSSR count). The van der Waals surface area contributed by atoms with Gasteiger partial charge in [0.25, 0.3) is 5.91 Å². The number of hydrogen-bond acceptors (Lipinski definition) is 4. The van der Waals surface area contributed by atoms with Crippen molar-refractivity contribution >= 4 is 45.7 Å². The van der Waals surface area contributed by atoms with E-state index >= 15 is 0 Å². The van der Waals surface area contributed by atoms with Crippen molar-refractivity contribution in [3.05, 3.63) is 74.0 Å². The van der Waals surface area contributed by atoms with Gasteiger partial charge in [0, 0.05) is 49.5 Å². The molecule has 3 aromatic rings. The van der Waals surface area contributed by atoms with Gasteiger partial charge in [0.1, 0.15) is 5.69 Å². The maximum atomic E-state index is 13.0. The number of carbonyl (C=O) groups is 1. The van der Waals surface area contributed by atoms with E-state index in [1.807, 2.05) is 4.90 Å². The van der Waals surface area contributed by atoms with E-state index in [1.54, 1.807) is 12.1 Å². The van der Waals surface area contributed by atoms with E-state index in [9.17, 15) is 22.8 Å². The summed E-state index contributed by atoms with van der Waals surface area (Å²) in [6.45, 7) is 3.81. The van der Waals surface area contributed by atoms with Gasteiger partial charge in [-0.15, -0.1) is 0 Å². The van der Waals surface area contributed by atoms with Crippen molar-refractivity contribution in [3.8, 4) is 0 Å². The third-order valence-electron chi connectivity index (χ3n) is 5.94. The predicted molar refractivity (Wildman–Crippen MR) is 132 cm³/mol. The molecular weight excluding hydrogens is 504 g/mol. The van der Waals surface area contributed by atoms with Crippen LogP contribution in [-0.4, -0.2) is 55.1 Å². The first kappa shape index (κ1) is 25.3. The van der Waals surface area contributed by atoms with Crippen LogP contribution in [0.3, 0.4) is 0 Å². The van der Waals surface area contributed by atoms with Gasteiger partial charge in [-0.3, -0.25) is 14.5 Å². The molecule has 1 aliphatic heterocycles. The van der Waals surface area contributed by atoms with Gasteiger partial charge < -0.3 is 15.2 Å². The number of pyridine rings is 1. The maximum Gasteiger partial charge on any atom is 0.416 e. The van der Waals surface area contributed by atoms with E-state index < -0.39 is 17.6 Å². The second kappa shape index (κ2) is 10.5. The molecular formula is C24H23Cl2F3N4O2. The summed E-state index contributed by atoms with van der Waals surface area (Å²) in [7, 11) is 0. The molecule has 0 atom stereocenters. The molecule has 1 amide bonds. The van der Waals surface area contributed by atoms with Gasteiger partial charge in [0.05, 0.1) is 21.5 Å². The van der Waals surface area contributed by atoms with E-state index in [1.165, 1.54) is 24.3 Å². The summed E-state index contributed by atoms with van der Waals surface area (Å²) >= 11 is 12.1. The standard InChI is InChI=1S/C24H23Cl2F3N4O2/c25-16-12-18(26)22-19(13-16)31-20(14-21(22)34)23(35)30-5-2-6-32-7-9-33(10-8-32)17-4-1-3-15(11-17)24(27,28)29/h1,3-4,11-14H,2,5-10H2,(H,30,35)(H,31,34). The molecule has 0 radical (unpaired) electrons. The smallest absolute Gasteiger partial charge is 0.369 e. The molecule has 2 N–H and O–H groups in total. The SMILES string of the molecule is O=C(NCCCN1CCN(c2cccc(C(F)(F)F)c2)CC1)c1cc(=O)c2c(Cl)cc(Cl)cc2[nH]1. The lowest BCUT2D eigenvalue weighted by Gasteiger charge is -2.36. The number of amides is 1. The molecule has 11 heteroatoms. The zero-order chi connectivity index (χ0) is 25.2. The lowest BCUT2D eigenvalue weighted by molar-refractivity contribution is -0.137. The number of nitrogens with zero attached hydrogens (tertiary/aromatic N) is 2. The number of aromatic amines is 1. The van der Waals surface area contributed by atoms with E-state index in [0.717, 1.165) is 12.6 Å². The van der Waals surface area contributed by atoms with Crippen molar-refractivity contribution in [3.63, 3.8) is 0 Å². The van der Waals surface area contributed by atoms with Gasteiger partial charge in [-0.1, -0.05) is 29.3 Å². The first-order chi connectivity index (χ1) is 16.6. The second-order valence-corrected chi connectivity index (χ2v) is 9.19. The minimum absolute atomic E-state index is 0.121. The summed E-state index contributed by atoms with van der Waals surface area (Å²) in [6.07, 6.45) is -3.67. The molecule has 0 bridgehead atoms. The highest BCUT2D eigenvalue weighted by molar-refractivity contribution is 6.38. The van der Waals surface area contributed by atoms with Crippen LogP contribution in [-0.2, 0) is 6.18 Å². The molecule has 1 saturated heterocycles. The van der Waals surface area contributed by atoms with Gasteiger partial charge in [-0.05, 0) is 43.3 Å². The van der Waals surface area contributed by atoms with Gasteiger partial charge in [0.2, 0.25) is 0 Å². The highest BCUT2D eigenvalue weighted by Crippen LogP contribution is 2.32. The Morgan fingerprint density at radius 3 is 2.51 bits per heavy atom. The van der Waals surface area contributed by atoms with E-state index in [4.69, 9.17) is 23.2 Å². The van der Waals surface area contributed by atoms with Crippen LogP contribution in [0, 0.1) is 0 Å². The Morgan fingerprint density at radius 2 is 1.80 bits per heavy atom. The lowest BCUT2D eigenvalue weighted by Crippen LogP contribution is -2.47. The molecule has 0 saturated carbocycles. The summed E-state index contributed by atoms with van der Waals surface area (Å²) in [5.74, 6) is -0.408. The first-order valence-corrected chi connectivity index (χ1v) is 11.8. The summed E-state index contributed by atoms with van der Waals surface area (Å²) in [4.78, 5) is 31.9. The third-order valence-corrected chi connectivity index (χ3v) is 6.45. The number of piperazine rings is 1. The predicted octanol–water partition coefficient (Wildman–Crippen LogP) is 4.80. The Kier molecular flexibility index (Phi) is 7.59. The fourth-order valence-corrected chi connectivity index (χ4v) is 4.72. The molecule has 1 aliphatic rings. The average molecular weight is 527 g/mol. The number of halogens is 5. The van der Waals surface area contributed by atoms with Gasteiger partial charge in [0.15, 0.2) is 5.43 Å². The maximum absolute atomic E-state index is 13.0. The van der Waals surface area contributed by atoms with Crippen LogP contribution >= 0.6 is 23.2 Å². The van der Waals surface area contributed by atoms with Gasteiger partial charge >= 0.3 is 6.18 Å². The number of alkyl halides is 3. The van der Waals surface area contributed by atoms with Crippen LogP contribution in [0.4, 0.5) is 18.9 Å². The molecule has 186 valence electrons. The monoisotopic (exact) mass is 526 g/mol. The number of rotatable bonds is 6. The Morgan fingerprint density at radius 1 is 1.06 bits per heavy atom. The van der Waals surface area contributed by atoms with Crippen molar-refractivity contribution < 1.29 is 18.0 Å².